The second-order valence-electron chi connectivity index (χ2n) is 7.70. The third-order valence-electron chi connectivity index (χ3n) is 5.93. The van der Waals surface area contributed by atoms with Crippen molar-refractivity contribution in [1.82, 2.24) is 34.7 Å². The lowest BCUT2D eigenvalue weighted by atomic mass is 9.96. The molecule has 5 heterocycles. The summed E-state index contributed by atoms with van der Waals surface area (Å²) in [6.07, 6.45) is 13.5. The van der Waals surface area contributed by atoms with E-state index in [2.05, 4.69) is 26.1 Å². The van der Waals surface area contributed by atoms with Crippen LogP contribution in [0.5, 0.6) is 0 Å². The van der Waals surface area contributed by atoms with E-state index in [0.717, 1.165) is 40.3 Å². The molecule has 0 aromatic carbocycles. The summed E-state index contributed by atoms with van der Waals surface area (Å²) in [4.78, 5) is 13.8. The predicted molar refractivity (Wildman–Crippen MR) is 116 cm³/mol. The number of nitriles is 1. The molecule has 3 aromatic rings. The molecule has 1 fully saturated rings. The predicted octanol–water partition coefficient (Wildman–Crippen LogP) is 3.37. The van der Waals surface area contributed by atoms with Crippen molar-refractivity contribution in [2.75, 3.05) is 13.1 Å². The minimum Gasteiger partial charge on any atom is -0.756 e. The minimum absolute atomic E-state index is 0.0982. The standard InChI is InChI=1S/C21H20ClN8O/c22-18-2-1-3-19(30(18)31)28-9-6-14(11-28)17(4-7-23)29-12-15(10-27-29)20-16-5-8-24-21(16)26-13-25-20/h1-3,5,8,10,12-14,17-18H,4,6,9,11H2,(H,24,25,26)/q-1. The molecule has 5 rings (SSSR count). The van der Waals surface area contributed by atoms with Gasteiger partial charge in [-0.2, -0.15) is 10.4 Å². The van der Waals surface area contributed by atoms with Crippen LogP contribution in [0.25, 0.3) is 22.3 Å². The van der Waals surface area contributed by atoms with Crippen LogP contribution in [-0.4, -0.2) is 53.3 Å². The minimum atomic E-state index is -0.694. The van der Waals surface area contributed by atoms with Crippen LogP contribution in [0.3, 0.4) is 0 Å². The second-order valence-corrected chi connectivity index (χ2v) is 8.15. The Hall–Kier alpha value is -3.35. The molecule has 2 aliphatic heterocycles. The highest BCUT2D eigenvalue weighted by molar-refractivity contribution is 6.21. The fourth-order valence-corrected chi connectivity index (χ4v) is 4.56. The first-order chi connectivity index (χ1) is 15.2. The van der Waals surface area contributed by atoms with Gasteiger partial charge in [0.1, 0.15) is 17.5 Å². The number of halogens is 1. The Balaban J connectivity index is 1.39. The first-order valence-corrected chi connectivity index (χ1v) is 10.5. The van der Waals surface area contributed by atoms with Gasteiger partial charge in [0, 0.05) is 42.4 Å². The maximum atomic E-state index is 12.4. The zero-order valence-electron chi connectivity index (χ0n) is 16.6. The number of hydrogen-bond acceptors (Lipinski definition) is 7. The van der Waals surface area contributed by atoms with Gasteiger partial charge in [0.05, 0.1) is 36.2 Å². The highest BCUT2D eigenvalue weighted by Crippen LogP contribution is 2.35. The van der Waals surface area contributed by atoms with E-state index in [1.807, 2.05) is 34.1 Å². The summed E-state index contributed by atoms with van der Waals surface area (Å²) in [7, 11) is 0. The summed E-state index contributed by atoms with van der Waals surface area (Å²) in [6.45, 7) is 1.40. The molecule has 3 aromatic heterocycles. The van der Waals surface area contributed by atoms with Gasteiger partial charge in [-0.25, -0.2) is 9.97 Å². The molecule has 9 nitrogen and oxygen atoms in total. The molecule has 1 N–H and O–H groups in total. The number of likely N-dealkylation sites (tertiary alicyclic amines) is 1. The van der Waals surface area contributed by atoms with E-state index in [0.29, 0.717) is 18.8 Å². The van der Waals surface area contributed by atoms with Gasteiger partial charge in [0.15, 0.2) is 0 Å². The second kappa shape index (κ2) is 8.06. The average molecular weight is 436 g/mol. The van der Waals surface area contributed by atoms with Crippen LogP contribution in [0.1, 0.15) is 18.9 Å². The van der Waals surface area contributed by atoms with Crippen molar-refractivity contribution in [3.63, 3.8) is 0 Å². The van der Waals surface area contributed by atoms with Crippen LogP contribution in [0.4, 0.5) is 0 Å². The van der Waals surface area contributed by atoms with Gasteiger partial charge in [-0.05, 0) is 24.6 Å². The number of aromatic amines is 1. The molecule has 0 radical (unpaired) electrons. The van der Waals surface area contributed by atoms with E-state index >= 15 is 0 Å². The molecule has 0 spiro atoms. The zero-order chi connectivity index (χ0) is 21.4. The maximum absolute atomic E-state index is 12.4. The van der Waals surface area contributed by atoms with E-state index < -0.39 is 5.50 Å². The topological polar surface area (TPSA) is 113 Å². The Morgan fingerprint density at radius 2 is 2.29 bits per heavy atom. The van der Waals surface area contributed by atoms with E-state index in [1.54, 1.807) is 18.3 Å². The van der Waals surface area contributed by atoms with Gasteiger partial charge in [-0.1, -0.05) is 17.7 Å². The Kier molecular flexibility index (Phi) is 5.10. The maximum Gasteiger partial charge on any atom is 0.141 e. The van der Waals surface area contributed by atoms with Gasteiger partial charge in [-0.15, -0.1) is 0 Å². The number of fused-ring (bicyclic) bond motifs is 1. The molecule has 31 heavy (non-hydrogen) atoms. The Morgan fingerprint density at radius 1 is 1.39 bits per heavy atom. The Labute approximate surface area is 183 Å². The van der Waals surface area contributed by atoms with Gasteiger partial charge in [0.2, 0.25) is 0 Å². The molecule has 2 aliphatic rings. The highest BCUT2D eigenvalue weighted by Gasteiger charge is 2.33. The summed E-state index contributed by atoms with van der Waals surface area (Å²) < 4.78 is 1.86. The monoisotopic (exact) mass is 435 g/mol. The summed E-state index contributed by atoms with van der Waals surface area (Å²) in [6, 6.07) is 4.14. The molecule has 0 amide bonds. The van der Waals surface area contributed by atoms with Crippen LogP contribution in [0.2, 0.25) is 0 Å². The van der Waals surface area contributed by atoms with E-state index in [4.69, 9.17) is 11.6 Å². The molecule has 3 unspecified atom stereocenters. The van der Waals surface area contributed by atoms with E-state index in [1.165, 1.54) is 6.33 Å². The van der Waals surface area contributed by atoms with Crippen LogP contribution in [-0.2, 0) is 0 Å². The van der Waals surface area contributed by atoms with Crippen molar-refractivity contribution in [2.45, 2.75) is 24.4 Å². The fraction of sp³-hybridized carbons (Fsp3) is 0.333. The number of nitrogens with one attached hydrogen (secondary N) is 1. The third kappa shape index (κ3) is 3.54. The quantitative estimate of drug-likeness (QED) is 0.482. The zero-order valence-corrected chi connectivity index (χ0v) is 17.4. The fourth-order valence-electron chi connectivity index (χ4n) is 4.38. The van der Waals surface area contributed by atoms with Crippen molar-refractivity contribution >= 4 is 22.6 Å². The molecular formula is C21H20ClN8O-. The summed E-state index contributed by atoms with van der Waals surface area (Å²) in [5, 5.41) is 28.2. The van der Waals surface area contributed by atoms with E-state index in [-0.39, 0.29) is 12.0 Å². The smallest absolute Gasteiger partial charge is 0.141 e. The van der Waals surface area contributed by atoms with Crippen molar-refractivity contribution < 1.29 is 0 Å². The highest BCUT2D eigenvalue weighted by atomic mass is 35.5. The first kappa shape index (κ1) is 19.6. The van der Waals surface area contributed by atoms with Crippen LogP contribution in [0, 0.1) is 22.5 Å². The molecule has 10 heteroatoms. The number of alkyl halides is 1. The lowest BCUT2D eigenvalue weighted by molar-refractivity contribution is 0.259. The molecule has 0 bridgehead atoms. The van der Waals surface area contributed by atoms with Crippen molar-refractivity contribution in [1.29, 1.82) is 5.26 Å². The molecule has 158 valence electrons. The molecule has 0 aliphatic carbocycles. The van der Waals surface area contributed by atoms with E-state index in [9.17, 15) is 10.5 Å². The van der Waals surface area contributed by atoms with Crippen LogP contribution in [0.15, 0.2) is 55.0 Å². The molecule has 0 saturated carbocycles. The number of hydrogen-bond donors (Lipinski definition) is 1. The van der Waals surface area contributed by atoms with Crippen molar-refractivity contribution in [3.05, 3.63) is 60.2 Å². The van der Waals surface area contributed by atoms with Gasteiger partial charge in [0.25, 0.3) is 0 Å². The third-order valence-corrected chi connectivity index (χ3v) is 6.25. The number of hydroxylamine groups is 2. The van der Waals surface area contributed by atoms with Gasteiger partial charge >= 0.3 is 0 Å². The largest absolute Gasteiger partial charge is 0.756 e. The summed E-state index contributed by atoms with van der Waals surface area (Å²) in [5.41, 5.74) is 1.75. The lowest BCUT2D eigenvalue weighted by Gasteiger charge is -2.42. The normalized spacial score (nSPS) is 22.0. The summed E-state index contributed by atoms with van der Waals surface area (Å²) >= 11 is 6.07. The molecular weight excluding hydrogens is 416 g/mol. The van der Waals surface area contributed by atoms with Gasteiger partial charge in [-0.3, -0.25) is 4.68 Å². The lowest BCUT2D eigenvalue weighted by Crippen LogP contribution is -2.36. The number of rotatable bonds is 5. The number of aromatic nitrogens is 5. The average Bonchev–Trinajstić information content (AvgIpc) is 3.54. The number of H-pyrrole nitrogens is 1. The first-order valence-electron chi connectivity index (χ1n) is 10.1. The SMILES string of the molecule is N#CCC(C1CCN(C2=CC=CC(Cl)N2[O-])C1)n1cc(-c2ncnc3[nH]ccc23)cn1. The number of nitrogens with zero attached hydrogens (tertiary/aromatic N) is 7. The van der Waals surface area contributed by atoms with Crippen LogP contribution < -0.4 is 0 Å². The Bertz CT molecular complexity index is 1190. The summed E-state index contributed by atoms with van der Waals surface area (Å²) in [5.74, 6) is 0.747. The number of allylic oxidation sites excluding steroid dienone is 2. The van der Waals surface area contributed by atoms with Crippen LogP contribution >= 0.6 is 11.6 Å². The molecule has 3 atom stereocenters. The Morgan fingerprint density at radius 3 is 3.16 bits per heavy atom. The van der Waals surface area contributed by atoms with Crippen molar-refractivity contribution in [3.8, 4) is 17.3 Å². The van der Waals surface area contributed by atoms with Gasteiger partial charge < -0.3 is 20.2 Å². The van der Waals surface area contributed by atoms with Crippen molar-refractivity contribution in [2.24, 2.45) is 5.92 Å². The molecule has 1 saturated heterocycles.